The zero-order valence-corrected chi connectivity index (χ0v) is 17.7. The van der Waals surface area contributed by atoms with Gasteiger partial charge in [0.2, 0.25) is 10.2 Å². The smallest absolute Gasteiger partial charge is 0.242 e. The highest BCUT2D eigenvalue weighted by Gasteiger charge is 2.19. The lowest BCUT2D eigenvalue weighted by atomic mass is 10.6. The maximum atomic E-state index is 10.6. The van der Waals surface area contributed by atoms with E-state index >= 15 is 0 Å². The maximum Gasteiger partial charge on any atom is 0.242 e. The Morgan fingerprint density at radius 1 is 0.840 bits per heavy atom. The summed E-state index contributed by atoms with van der Waals surface area (Å²) in [5.74, 6) is 0. The molecule has 0 aliphatic rings. The number of aliphatic hydroxyl groups is 2. The fraction of sp³-hybridized carbons (Fsp3) is 0.833. The van der Waals surface area contributed by atoms with Crippen LogP contribution < -0.4 is 0 Å². The van der Waals surface area contributed by atoms with E-state index in [1.165, 1.54) is 37.7 Å². The topological polar surface area (TPSA) is 155 Å². The Bertz CT molecular complexity index is 457. The van der Waals surface area contributed by atoms with Crippen LogP contribution in [0.3, 0.4) is 0 Å². The molecule has 0 amide bonds. The number of hydrogen-bond acceptors (Lipinski definition) is 10. The van der Waals surface area contributed by atoms with Gasteiger partial charge in [-0.15, -0.1) is 0 Å². The van der Waals surface area contributed by atoms with E-state index in [1.54, 1.807) is 0 Å². The molecule has 0 spiro atoms. The second-order valence-corrected chi connectivity index (χ2v) is 9.92. The van der Waals surface area contributed by atoms with Crippen LogP contribution in [0, 0.1) is 0 Å². The standard InChI is InChI=1S/2C6H14NO2S.H2O4S/c2*1-6(9)10-7(2,3)4-5-8;1-5(2,3)4/h2*8H,4-5H2,1-3H3;(H2,1,2,3,4)/q2*+1;/p-2. The zero-order valence-electron chi connectivity index (χ0n) is 15.3. The SMILES string of the molecule is CC(=O)S[N+](C)(C)CCO.CC(=O)S[N+](C)(C)CCO.O=S(=O)([O-])[O-]. The van der Waals surface area contributed by atoms with Crippen molar-refractivity contribution >= 4 is 44.5 Å². The molecule has 0 bridgehead atoms. The number of quaternary nitrogens is 2. The van der Waals surface area contributed by atoms with Gasteiger partial charge in [0.05, 0.1) is 41.4 Å². The van der Waals surface area contributed by atoms with Crippen LogP contribution in [-0.2, 0) is 20.0 Å². The summed E-state index contributed by atoms with van der Waals surface area (Å²) in [7, 11) is 2.40. The summed E-state index contributed by atoms with van der Waals surface area (Å²) in [6.45, 7) is 4.50. The second-order valence-electron chi connectivity index (χ2n) is 5.62. The minimum absolute atomic E-state index is 0.0819. The third-order valence-electron chi connectivity index (χ3n) is 2.03. The fourth-order valence-electron chi connectivity index (χ4n) is 1.27. The van der Waals surface area contributed by atoms with Crippen LogP contribution in [0.2, 0.25) is 0 Å². The molecular formula is C12H28N2O8S3. The Morgan fingerprint density at radius 2 is 1.04 bits per heavy atom. The van der Waals surface area contributed by atoms with Crippen molar-refractivity contribution in [3.63, 3.8) is 0 Å². The summed E-state index contributed by atoms with van der Waals surface area (Å²) in [4.78, 5) is 21.2. The van der Waals surface area contributed by atoms with Gasteiger partial charge in [0.15, 0.2) is 23.9 Å². The summed E-state index contributed by atoms with van der Waals surface area (Å²) in [5.41, 5.74) is 0. The number of rotatable bonds is 6. The summed E-state index contributed by atoms with van der Waals surface area (Å²) in [6.07, 6.45) is 0. The van der Waals surface area contributed by atoms with Crippen LogP contribution in [0.25, 0.3) is 0 Å². The number of carbonyl (C=O) groups is 2. The molecule has 0 heterocycles. The molecule has 25 heavy (non-hydrogen) atoms. The van der Waals surface area contributed by atoms with E-state index in [1.807, 2.05) is 28.2 Å². The van der Waals surface area contributed by atoms with E-state index in [0.717, 1.165) is 0 Å². The number of carbonyl (C=O) groups excluding carboxylic acids is 2. The van der Waals surface area contributed by atoms with Gasteiger partial charge in [0.1, 0.15) is 13.1 Å². The normalized spacial score (nSPS) is 11.6. The van der Waals surface area contributed by atoms with Gasteiger partial charge in [-0.25, -0.2) is 0 Å². The van der Waals surface area contributed by atoms with Crippen molar-refractivity contribution in [2.24, 2.45) is 0 Å². The molecule has 0 aliphatic heterocycles. The van der Waals surface area contributed by atoms with Gasteiger partial charge >= 0.3 is 0 Å². The van der Waals surface area contributed by atoms with Gasteiger partial charge in [0.25, 0.3) is 0 Å². The van der Waals surface area contributed by atoms with E-state index in [0.29, 0.717) is 20.9 Å². The lowest BCUT2D eigenvalue weighted by molar-refractivity contribution is -0.750. The predicted octanol–water partition coefficient (Wildman–Crippen LogP) is -0.838. The molecule has 0 aromatic heterocycles. The van der Waals surface area contributed by atoms with E-state index in [-0.39, 0.29) is 23.4 Å². The van der Waals surface area contributed by atoms with Crippen LogP contribution in [0.1, 0.15) is 13.8 Å². The highest BCUT2D eigenvalue weighted by molar-refractivity contribution is 8.08. The third kappa shape index (κ3) is 35.7. The molecule has 0 rings (SSSR count). The van der Waals surface area contributed by atoms with Crippen molar-refractivity contribution in [3.05, 3.63) is 0 Å². The number of hydrogen-bond donors (Lipinski definition) is 2. The van der Waals surface area contributed by atoms with Gasteiger partial charge in [-0.1, -0.05) is 0 Å². The largest absolute Gasteiger partial charge is 0.759 e. The third-order valence-corrected chi connectivity index (χ3v) is 3.90. The molecule has 0 saturated heterocycles. The Morgan fingerprint density at radius 3 is 1.16 bits per heavy atom. The van der Waals surface area contributed by atoms with E-state index in [9.17, 15) is 9.59 Å². The van der Waals surface area contributed by atoms with Crippen LogP contribution in [0.5, 0.6) is 0 Å². The molecule has 0 saturated carbocycles. The summed E-state index contributed by atoms with van der Waals surface area (Å²) in [6, 6.07) is 0. The molecule has 10 nitrogen and oxygen atoms in total. The summed E-state index contributed by atoms with van der Waals surface area (Å²) < 4.78 is 35.1. The average Bonchev–Trinajstić information content (AvgIpc) is 2.22. The molecule has 2 N–H and O–H groups in total. The fourth-order valence-corrected chi connectivity index (χ4v) is 3.01. The first-order valence-corrected chi connectivity index (χ1v) is 9.78. The van der Waals surface area contributed by atoms with Gasteiger partial charge < -0.3 is 19.3 Å². The molecule has 0 aromatic carbocycles. The van der Waals surface area contributed by atoms with Crippen molar-refractivity contribution in [2.75, 3.05) is 54.5 Å². The highest BCUT2D eigenvalue weighted by Crippen LogP contribution is 2.16. The first-order valence-electron chi connectivity index (χ1n) is 6.90. The first-order chi connectivity index (χ1) is 11.0. The van der Waals surface area contributed by atoms with E-state index in [4.69, 9.17) is 27.7 Å². The minimum Gasteiger partial charge on any atom is -0.759 e. The van der Waals surface area contributed by atoms with Gasteiger partial charge in [-0.05, 0) is 0 Å². The summed E-state index contributed by atoms with van der Waals surface area (Å²) in [5, 5.41) is 17.3. The molecule has 0 radical (unpaired) electrons. The van der Waals surface area contributed by atoms with Crippen molar-refractivity contribution in [1.82, 2.24) is 0 Å². The van der Waals surface area contributed by atoms with Gasteiger partial charge in [-0.3, -0.25) is 25.8 Å². The van der Waals surface area contributed by atoms with Gasteiger partial charge in [-0.2, -0.15) is 0 Å². The Balaban J connectivity index is -0.000000308. The lowest BCUT2D eigenvalue weighted by Gasteiger charge is -2.23. The van der Waals surface area contributed by atoms with Crippen molar-refractivity contribution in [3.8, 4) is 0 Å². The number of nitrogens with zero attached hydrogens (tertiary/aromatic N) is 2. The minimum atomic E-state index is -5.17. The summed E-state index contributed by atoms with van der Waals surface area (Å²) >= 11 is 2.44. The Labute approximate surface area is 158 Å². The predicted molar refractivity (Wildman–Crippen MR) is 95.1 cm³/mol. The van der Waals surface area contributed by atoms with Gasteiger partial charge in [0, 0.05) is 24.2 Å². The molecule has 0 fully saturated rings. The second kappa shape index (κ2) is 13.9. The monoisotopic (exact) mass is 424 g/mol. The average molecular weight is 425 g/mol. The molecule has 0 aliphatic carbocycles. The Hall–Kier alpha value is -0.250. The number of likely N-dealkylation sites (N-methyl/N-ethyl adjacent to an activating group) is 2. The van der Waals surface area contributed by atoms with Crippen LogP contribution >= 0.6 is 23.9 Å². The molecule has 0 unspecified atom stereocenters. The molecular weight excluding hydrogens is 396 g/mol. The lowest BCUT2D eigenvalue weighted by Crippen LogP contribution is -2.35. The van der Waals surface area contributed by atoms with Crippen LogP contribution in [-0.4, -0.2) is 100 Å². The molecule has 152 valence electrons. The maximum absolute atomic E-state index is 10.6. The highest BCUT2D eigenvalue weighted by atomic mass is 32.3. The molecule has 13 heteroatoms. The van der Waals surface area contributed by atoms with E-state index in [2.05, 4.69) is 0 Å². The Kier molecular flexibility index (Phi) is 16.4. The molecule has 0 aromatic rings. The van der Waals surface area contributed by atoms with Crippen molar-refractivity contribution in [2.45, 2.75) is 13.8 Å². The molecule has 0 atom stereocenters. The van der Waals surface area contributed by atoms with E-state index < -0.39 is 10.4 Å². The zero-order chi connectivity index (χ0) is 20.9. The van der Waals surface area contributed by atoms with Crippen LogP contribution in [0.15, 0.2) is 0 Å². The quantitative estimate of drug-likeness (QED) is 0.239. The van der Waals surface area contributed by atoms with Crippen LogP contribution in [0.4, 0.5) is 0 Å². The number of aliphatic hydroxyl groups excluding tert-OH is 2. The van der Waals surface area contributed by atoms with Crippen molar-refractivity contribution in [1.29, 1.82) is 0 Å². The van der Waals surface area contributed by atoms with Crippen molar-refractivity contribution < 1.29 is 45.1 Å². The first kappa shape index (κ1) is 29.5.